The summed E-state index contributed by atoms with van der Waals surface area (Å²) in [4.78, 5) is 6.21. The number of morpholine rings is 1. The third-order valence-electron chi connectivity index (χ3n) is 6.56. The van der Waals surface area contributed by atoms with Gasteiger partial charge in [-0.05, 0) is 54.9 Å². The normalized spacial score (nSPS) is 23.1. The number of benzene rings is 1. The number of anilines is 1. The van der Waals surface area contributed by atoms with E-state index in [1.807, 2.05) is 11.8 Å². The summed E-state index contributed by atoms with van der Waals surface area (Å²) in [6, 6.07) is 6.86. The molecular weight excluding hydrogens is 408 g/mol. The summed E-state index contributed by atoms with van der Waals surface area (Å²) >= 11 is 1.87. The van der Waals surface area contributed by atoms with Crippen molar-refractivity contribution >= 4 is 28.4 Å². The maximum Gasteiger partial charge on any atom is 0.117 e. The van der Waals surface area contributed by atoms with Crippen LogP contribution >= 0.6 is 11.8 Å². The number of thioether (sulfide) groups is 1. The van der Waals surface area contributed by atoms with Crippen LogP contribution in [-0.2, 0) is 9.47 Å². The van der Waals surface area contributed by atoms with Gasteiger partial charge in [0.15, 0.2) is 0 Å². The Balaban J connectivity index is 1.22. The molecule has 1 atom stereocenters. The van der Waals surface area contributed by atoms with Gasteiger partial charge < -0.3 is 25.1 Å². The maximum atomic E-state index is 5.51. The largest absolute Gasteiger partial charge is 0.383 e. The second-order valence-electron chi connectivity index (χ2n) is 8.95. The van der Waals surface area contributed by atoms with Crippen LogP contribution in [0.1, 0.15) is 35.9 Å². The molecule has 5 rings (SSSR count). The highest BCUT2D eigenvalue weighted by atomic mass is 32.2. The summed E-state index contributed by atoms with van der Waals surface area (Å²) in [5.41, 5.74) is 6.32. The van der Waals surface area contributed by atoms with Gasteiger partial charge in [0.1, 0.15) is 5.37 Å². The Morgan fingerprint density at radius 2 is 1.90 bits per heavy atom. The van der Waals surface area contributed by atoms with Crippen LogP contribution in [0.15, 0.2) is 29.3 Å². The Morgan fingerprint density at radius 1 is 1.10 bits per heavy atom. The van der Waals surface area contributed by atoms with E-state index in [0.29, 0.717) is 5.92 Å². The van der Waals surface area contributed by atoms with E-state index in [0.717, 1.165) is 71.9 Å². The SMILES string of the molecule is Cc1cc(NCC2CCOCC2)c2[nH]c([C@H]3NC(CCN4CCOCC4)=CS3)cc2c1. The molecule has 2 fully saturated rings. The Bertz CT molecular complexity index is 916. The summed E-state index contributed by atoms with van der Waals surface area (Å²) in [5, 5.41) is 11.3. The fourth-order valence-corrected chi connectivity index (χ4v) is 5.65. The van der Waals surface area contributed by atoms with E-state index in [1.165, 1.54) is 33.5 Å². The average Bonchev–Trinajstić information content (AvgIpc) is 3.44. The van der Waals surface area contributed by atoms with Gasteiger partial charge in [-0.2, -0.15) is 0 Å². The quantitative estimate of drug-likeness (QED) is 0.597. The first kappa shape index (κ1) is 21.2. The Kier molecular flexibility index (Phi) is 6.74. The predicted octanol–water partition coefficient (Wildman–Crippen LogP) is 4.21. The third kappa shape index (κ3) is 5.22. The first-order valence-electron chi connectivity index (χ1n) is 11.6. The molecule has 4 heterocycles. The number of H-pyrrole nitrogens is 1. The molecule has 1 aromatic carbocycles. The first-order chi connectivity index (χ1) is 15.2. The van der Waals surface area contributed by atoms with Crippen LogP contribution < -0.4 is 10.6 Å². The van der Waals surface area contributed by atoms with E-state index in [1.54, 1.807) is 0 Å². The molecule has 6 nitrogen and oxygen atoms in total. The zero-order valence-corrected chi connectivity index (χ0v) is 19.2. The molecule has 0 unspecified atom stereocenters. The van der Waals surface area contributed by atoms with Gasteiger partial charge in [-0.15, -0.1) is 11.8 Å². The zero-order chi connectivity index (χ0) is 21.0. The van der Waals surface area contributed by atoms with Gasteiger partial charge in [-0.25, -0.2) is 0 Å². The topological polar surface area (TPSA) is 61.5 Å². The fraction of sp³-hybridized carbons (Fsp3) is 0.583. The minimum absolute atomic E-state index is 0.260. The van der Waals surface area contributed by atoms with E-state index >= 15 is 0 Å². The summed E-state index contributed by atoms with van der Waals surface area (Å²) < 4.78 is 11.0. The molecule has 31 heavy (non-hydrogen) atoms. The Morgan fingerprint density at radius 3 is 2.74 bits per heavy atom. The lowest BCUT2D eigenvalue weighted by Gasteiger charge is -2.26. The first-order valence-corrected chi connectivity index (χ1v) is 12.5. The number of rotatable bonds is 7. The summed E-state index contributed by atoms with van der Waals surface area (Å²) in [7, 11) is 0. The number of hydrogen-bond acceptors (Lipinski definition) is 6. The predicted molar refractivity (Wildman–Crippen MR) is 128 cm³/mol. The van der Waals surface area contributed by atoms with E-state index < -0.39 is 0 Å². The van der Waals surface area contributed by atoms with Crippen LogP contribution in [0.25, 0.3) is 10.9 Å². The lowest BCUT2D eigenvalue weighted by atomic mass is 10.0. The van der Waals surface area contributed by atoms with Crippen LogP contribution in [0.2, 0.25) is 0 Å². The number of nitrogens with one attached hydrogen (secondary N) is 3. The molecule has 3 aliphatic rings. The van der Waals surface area contributed by atoms with E-state index in [4.69, 9.17) is 9.47 Å². The van der Waals surface area contributed by atoms with Crippen molar-refractivity contribution in [3.8, 4) is 0 Å². The van der Waals surface area contributed by atoms with Crippen molar-refractivity contribution in [3.63, 3.8) is 0 Å². The van der Waals surface area contributed by atoms with Gasteiger partial charge in [-0.1, -0.05) is 0 Å². The van der Waals surface area contributed by atoms with Gasteiger partial charge in [0.2, 0.25) is 0 Å². The number of fused-ring (bicyclic) bond motifs is 1. The van der Waals surface area contributed by atoms with Gasteiger partial charge >= 0.3 is 0 Å². The van der Waals surface area contributed by atoms with Crippen LogP contribution in [0.4, 0.5) is 5.69 Å². The Labute approximate surface area is 189 Å². The minimum atomic E-state index is 0.260. The summed E-state index contributed by atoms with van der Waals surface area (Å²) in [6.07, 6.45) is 3.37. The molecule has 2 saturated heterocycles. The van der Waals surface area contributed by atoms with Crippen molar-refractivity contribution in [2.45, 2.75) is 31.6 Å². The second kappa shape index (κ2) is 9.86. The molecular formula is C24H34N4O2S. The minimum Gasteiger partial charge on any atom is -0.383 e. The number of hydrogen-bond donors (Lipinski definition) is 3. The number of aryl methyl sites for hydroxylation is 1. The highest BCUT2D eigenvalue weighted by molar-refractivity contribution is 8.02. The highest BCUT2D eigenvalue weighted by Crippen LogP contribution is 2.37. The van der Waals surface area contributed by atoms with Crippen molar-refractivity contribution in [2.24, 2.45) is 5.92 Å². The molecule has 0 amide bonds. The molecule has 0 bridgehead atoms. The molecule has 0 saturated carbocycles. The summed E-state index contributed by atoms with van der Waals surface area (Å²) in [6.45, 7) is 9.92. The maximum absolute atomic E-state index is 5.51. The van der Waals surface area contributed by atoms with Crippen molar-refractivity contribution in [1.82, 2.24) is 15.2 Å². The highest BCUT2D eigenvalue weighted by Gasteiger charge is 2.22. The number of ether oxygens (including phenoxy) is 2. The van der Waals surface area contributed by atoms with Gasteiger partial charge in [-0.3, -0.25) is 4.90 Å². The van der Waals surface area contributed by atoms with Crippen molar-refractivity contribution < 1.29 is 9.47 Å². The van der Waals surface area contributed by atoms with Crippen molar-refractivity contribution in [3.05, 3.63) is 40.6 Å². The number of aromatic nitrogens is 1. The monoisotopic (exact) mass is 442 g/mol. The smallest absolute Gasteiger partial charge is 0.117 e. The van der Waals surface area contributed by atoms with E-state index in [-0.39, 0.29) is 5.37 Å². The summed E-state index contributed by atoms with van der Waals surface area (Å²) in [5.74, 6) is 0.698. The number of aromatic amines is 1. The molecule has 2 aromatic rings. The second-order valence-corrected chi connectivity index (χ2v) is 9.92. The standard InChI is InChI=1S/C24H34N4O2S/c1-17-12-19-14-22(24-26-20(16-31-24)2-5-28-6-10-30-11-7-28)27-23(19)21(13-17)25-15-18-3-8-29-9-4-18/h12-14,16,18,24-27H,2-11,15H2,1H3/t24-/m0/s1. The van der Waals surface area contributed by atoms with Crippen molar-refractivity contribution in [2.75, 3.05) is 57.9 Å². The fourth-order valence-electron chi connectivity index (χ4n) is 4.67. The molecule has 3 aliphatic heterocycles. The molecule has 0 radical (unpaired) electrons. The van der Waals surface area contributed by atoms with Crippen LogP contribution in [0.3, 0.4) is 0 Å². The van der Waals surface area contributed by atoms with Gasteiger partial charge in [0.25, 0.3) is 0 Å². The van der Waals surface area contributed by atoms with Crippen LogP contribution in [0, 0.1) is 12.8 Å². The lowest BCUT2D eigenvalue weighted by Crippen LogP contribution is -2.37. The van der Waals surface area contributed by atoms with Crippen LogP contribution in [-0.4, -0.2) is 62.5 Å². The van der Waals surface area contributed by atoms with Crippen LogP contribution in [0.5, 0.6) is 0 Å². The molecule has 0 spiro atoms. The molecule has 7 heteroatoms. The van der Waals surface area contributed by atoms with Gasteiger partial charge in [0, 0.05) is 62.6 Å². The zero-order valence-electron chi connectivity index (χ0n) is 18.4. The number of nitrogens with zero attached hydrogens (tertiary/aromatic N) is 1. The lowest BCUT2D eigenvalue weighted by molar-refractivity contribution is 0.0383. The Hall–Kier alpha value is -1.67. The van der Waals surface area contributed by atoms with Gasteiger partial charge in [0.05, 0.1) is 24.4 Å². The molecule has 1 aromatic heterocycles. The van der Waals surface area contributed by atoms with E-state index in [2.05, 4.69) is 51.0 Å². The third-order valence-corrected chi connectivity index (χ3v) is 7.63. The average molecular weight is 443 g/mol. The van der Waals surface area contributed by atoms with Crippen molar-refractivity contribution in [1.29, 1.82) is 0 Å². The molecule has 168 valence electrons. The van der Waals surface area contributed by atoms with E-state index in [9.17, 15) is 0 Å². The molecule has 3 N–H and O–H groups in total. The molecule has 0 aliphatic carbocycles.